The Morgan fingerprint density at radius 1 is 1.38 bits per heavy atom. The van der Waals surface area contributed by atoms with E-state index in [0.717, 1.165) is 4.88 Å². The van der Waals surface area contributed by atoms with Crippen LogP contribution in [-0.2, 0) is 12.7 Å². The van der Waals surface area contributed by atoms with Gasteiger partial charge in [0.2, 0.25) is 5.82 Å². The van der Waals surface area contributed by atoms with Crippen molar-refractivity contribution >= 4 is 17.2 Å². The highest BCUT2D eigenvalue weighted by molar-refractivity contribution is 7.15. The molecular weight excluding hydrogens is 347 g/mol. The van der Waals surface area contributed by atoms with E-state index in [0.29, 0.717) is 11.4 Å². The van der Waals surface area contributed by atoms with Gasteiger partial charge in [-0.25, -0.2) is 0 Å². The lowest BCUT2D eigenvalue weighted by Gasteiger charge is -1.98. The van der Waals surface area contributed by atoms with E-state index >= 15 is 0 Å². The fourth-order valence-electron chi connectivity index (χ4n) is 1.88. The summed E-state index contributed by atoms with van der Waals surface area (Å²) < 4.78 is 43.2. The molecule has 0 saturated carbocycles. The first-order chi connectivity index (χ1) is 11.4. The summed E-state index contributed by atoms with van der Waals surface area (Å²) in [6.07, 6.45) is -3.03. The molecule has 0 aliphatic carbocycles. The predicted molar refractivity (Wildman–Crippen MR) is 77.3 cm³/mol. The van der Waals surface area contributed by atoms with Crippen molar-refractivity contribution in [1.29, 1.82) is 0 Å². The molecule has 1 N–H and O–H groups in total. The van der Waals surface area contributed by atoms with Gasteiger partial charge in [-0.2, -0.15) is 23.3 Å². The summed E-state index contributed by atoms with van der Waals surface area (Å²) in [5.41, 5.74) is 0.280. The molecule has 0 aliphatic heterocycles. The number of hydrogen-bond acceptors (Lipinski definition) is 6. The van der Waals surface area contributed by atoms with Gasteiger partial charge in [-0.05, 0) is 18.2 Å². The number of rotatable bonds is 4. The molecule has 11 heteroatoms. The third-order valence-electron chi connectivity index (χ3n) is 2.97. The number of halogens is 3. The molecule has 0 aliphatic rings. The van der Waals surface area contributed by atoms with Gasteiger partial charge in [-0.15, -0.1) is 11.3 Å². The summed E-state index contributed by atoms with van der Waals surface area (Å²) in [5.74, 6) is -1.80. The van der Waals surface area contributed by atoms with E-state index in [9.17, 15) is 18.0 Å². The molecule has 3 aromatic heterocycles. The van der Waals surface area contributed by atoms with E-state index < -0.39 is 12.1 Å². The Hall–Kier alpha value is -2.69. The van der Waals surface area contributed by atoms with Crippen LogP contribution in [0.4, 0.5) is 13.2 Å². The molecule has 0 radical (unpaired) electrons. The van der Waals surface area contributed by atoms with Gasteiger partial charge in [0.15, 0.2) is 0 Å². The smallest absolute Gasteiger partial charge is 0.354 e. The molecule has 1 amide bonds. The number of alkyl halides is 3. The van der Waals surface area contributed by atoms with Crippen molar-refractivity contribution in [3.63, 3.8) is 0 Å². The minimum atomic E-state index is -4.67. The van der Waals surface area contributed by atoms with E-state index in [-0.39, 0.29) is 17.4 Å². The molecule has 0 bridgehead atoms. The lowest BCUT2D eigenvalue weighted by molar-refractivity contribution is -0.159. The van der Waals surface area contributed by atoms with E-state index in [4.69, 9.17) is 0 Å². The zero-order chi connectivity index (χ0) is 17.3. The Bertz CT molecular complexity index is 867. The monoisotopic (exact) mass is 357 g/mol. The molecule has 3 aromatic rings. The molecule has 0 aromatic carbocycles. The SMILES string of the molecule is CNC(=O)c1ccn(Cc2ccc(-c3noc(C(F)(F)F)n3)s2)n1. The zero-order valence-electron chi connectivity index (χ0n) is 12.2. The molecule has 7 nitrogen and oxygen atoms in total. The van der Waals surface area contributed by atoms with Gasteiger partial charge in [0.1, 0.15) is 5.69 Å². The molecule has 0 saturated heterocycles. The molecule has 0 fully saturated rings. The van der Waals surface area contributed by atoms with Crippen molar-refractivity contribution in [2.24, 2.45) is 0 Å². The van der Waals surface area contributed by atoms with Crippen LogP contribution in [0.5, 0.6) is 0 Å². The summed E-state index contributed by atoms with van der Waals surface area (Å²) in [6, 6.07) is 4.90. The van der Waals surface area contributed by atoms with Crippen molar-refractivity contribution in [1.82, 2.24) is 25.2 Å². The Labute approximate surface area is 137 Å². The van der Waals surface area contributed by atoms with Crippen LogP contribution in [0.15, 0.2) is 28.9 Å². The number of aromatic nitrogens is 4. The predicted octanol–water partition coefficient (Wildman–Crippen LogP) is 2.42. The second-order valence-electron chi connectivity index (χ2n) is 4.66. The van der Waals surface area contributed by atoms with Crippen LogP contribution in [0.1, 0.15) is 21.3 Å². The topological polar surface area (TPSA) is 85.8 Å². The Morgan fingerprint density at radius 3 is 2.83 bits per heavy atom. The minimum absolute atomic E-state index is 0.120. The van der Waals surface area contributed by atoms with Crippen LogP contribution in [-0.4, -0.2) is 32.9 Å². The lowest BCUT2D eigenvalue weighted by Crippen LogP contribution is -2.18. The van der Waals surface area contributed by atoms with E-state index in [1.807, 2.05) is 0 Å². The van der Waals surface area contributed by atoms with Crippen LogP contribution >= 0.6 is 11.3 Å². The molecule has 0 unspecified atom stereocenters. The van der Waals surface area contributed by atoms with Gasteiger partial charge in [-0.3, -0.25) is 9.48 Å². The Kier molecular flexibility index (Phi) is 4.09. The normalized spacial score (nSPS) is 11.7. The number of thiophene rings is 1. The van der Waals surface area contributed by atoms with Crippen molar-refractivity contribution in [3.05, 3.63) is 40.9 Å². The number of carbonyl (C=O) groups excluding carboxylic acids is 1. The summed E-state index contributed by atoms with van der Waals surface area (Å²) >= 11 is 1.21. The summed E-state index contributed by atoms with van der Waals surface area (Å²) in [7, 11) is 1.51. The van der Waals surface area contributed by atoms with Crippen molar-refractivity contribution < 1.29 is 22.5 Å². The van der Waals surface area contributed by atoms with Gasteiger partial charge >= 0.3 is 12.1 Å². The number of hydrogen-bond donors (Lipinski definition) is 1. The first-order valence-electron chi connectivity index (χ1n) is 6.62. The highest BCUT2D eigenvalue weighted by atomic mass is 32.1. The molecule has 3 rings (SSSR count). The third kappa shape index (κ3) is 3.30. The average Bonchev–Trinajstić information content (AvgIpc) is 3.25. The zero-order valence-corrected chi connectivity index (χ0v) is 13.0. The number of nitrogens with zero attached hydrogens (tertiary/aromatic N) is 4. The maximum atomic E-state index is 12.5. The fraction of sp³-hybridized carbons (Fsp3) is 0.231. The molecule has 0 atom stereocenters. The van der Waals surface area contributed by atoms with Crippen molar-refractivity contribution in [3.8, 4) is 10.7 Å². The quantitative estimate of drug-likeness (QED) is 0.775. The standard InChI is InChI=1S/C13H10F3N5O2S/c1-17-11(22)8-4-5-21(19-8)6-7-2-3-9(24-7)10-18-12(23-20-10)13(14,15)16/h2-5H,6H2,1H3,(H,17,22). The van der Waals surface area contributed by atoms with Gasteiger partial charge in [0.05, 0.1) is 11.4 Å². The van der Waals surface area contributed by atoms with E-state index in [2.05, 4.69) is 25.1 Å². The average molecular weight is 357 g/mol. The van der Waals surface area contributed by atoms with Gasteiger partial charge in [-0.1, -0.05) is 5.16 Å². The molecular formula is C13H10F3N5O2S. The minimum Gasteiger partial charge on any atom is -0.354 e. The molecule has 126 valence electrons. The van der Waals surface area contributed by atoms with Crippen LogP contribution in [0, 0.1) is 0 Å². The first-order valence-corrected chi connectivity index (χ1v) is 7.44. The highest BCUT2D eigenvalue weighted by Gasteiger charge is 2.38. The second kappa shape index (κ2) is 6.07. The van der Waals surface area contributed by atoms with Crippen LogP contribution in [0.3, 0.4) is 0 Å². The summed E-state index contributed by atoms with van der Waals surface area (Å²) in [6.45, 7) is 0.367. The Balaban J connectivity index is 1.75. The van der Waals surface area contributed by atoms with Crippen molar-refractivity contribution in [2.75, 3.05) is 7.05 Å². The van der Waals surface area contributed by atoms with Gasteiger partial charge in [0, 0.05) is 18.1 Å². The maximum absolute atomic E-state index is 12.5. The second-order valence-corrected chi connectivity index (χ2v) is 5.83. The van der Waals surface area contributed by atoms with Crippen LogP contribution in [0.2, 0.25) is 0 Å². The maximum Gasteiger partial charge on any atom is 0.471 e. The summed E-state index contributed by atoms with van der Waals surface area (Å²) in [4.78, 5) is 16.1. The van der Waals surface area contributed by atoms with Crippen LogP contribution in [0.25, 0.3) is 10.7 Å². The molecule has 3 heterocycles. The lowest BCUT2D eigenvalue weighted by atomic mass is 10.4. The van der Waals surface area contributed by atoms with Crippen molar-refractivity contribution in [2.45, 2.75) is 12.7 Å². The highest BCUT2D eigenvalue weighted by Crippen LogP contribution is 2.31. The third-order valence-corrected chi connectivity index (χ3v) is 4.03. The van der Waals surface area contributed by atoms with E-state index in [1.54, 1.807) is 29.1 Å². The number of nitrogens with one attached hydrogen (secondary N) is 1. The molecule has 0 spiro atoms. The molecule has 24 heavy (non-hydrogen) atoms. The Morgan fingerprint density at radius 2 is 2.17 bits per heavy atom. The van der Waals surface area contributed by atoms with Gasteiger partial charge < -0.3 is 9.84 Å². The van der Waals surface area contributed by atoms with E-state index in [1.165, 1.54) is 18.4 Å². The summed E-state index contributed by atoms with van der Waals surface area (Å²) in [5, 5.41) is 9.92. The van der Waals surface area contributed by atoms with Crippen LogP contribution < -0.4 is 5.32 Å². The first kappa shape index (κ1) is 16.2. The largest absolute Gasteiger partial charge is 0.471 e. The number of carbonyl (C=O) groups is 1. The number of amides is 1. The fourth-order valence-corrected chi connectivity index (χ4v) is 2.81. The van der Waals surface area contributed by atoms with Gasteiger partial charge in [0.25, 0.3) is 5.91 Å².